The number of carbonyl (C=O) groups is 1. The molecule has 22 heavy (non-hydrogen) atoms. The summed E-state index contributed by atoms with van der Waals surface area (Å²) in [7, 11) is 1.60. The number of nitrogen functional groups attached to an aromatic ring is 1. The Bertz CT molecular complexity index is 857. The molecule has 2 aromatic heterocycles. The van der Waals surface area contributed by atoms with Crippen LogP contribution >= 0.6 is 0 Å². The lowest BCUT2D eigenvalue weighted by Crippen LogP contribution is -1.99. The van der Waals surface area contributed by atoms with Gasteiger partial charge in [0.25, 0.3) is 0 Å². The van der Waals surface area contributed by atoms with Crippen molar-refractivity contribution in [3.8, 4) is 11.3 Å². The standard InChI is InChI=1S/C15H14N4O3/c1-22-6-9-3-2-8(4-11(9)16)13-12-10(15(20)21)5-17-14(12)19-7-18-13/h2-5,7H,6,16H2,1H3,(H,20,21)(H,17,18,19). The van der Waals surface area contributed by atoms with E-state index in [4.69, 9.17) is 10.5 Å². The Morgan fingerprint density at radius 2 is 2.23 bits per heavy atom. The van der Waals surface area contributed by atoms with Crippen molar-refractivity contribution in [3.63, 3.8) is 0 Å². The molecule has 7 heteroatoms. The molecule has 2 heterocycles. The molecule has 0 radical (unpaired) electrons. The summed E-state index contributed by atoms with van der Waals surface area (Å²) in [5.74, 6) is -1.04. The van der Waals surface area contributed by atoms with Gasteiger partial charge in [0.05, 0.1) is 23.3 Å². The van der Waals surface area contributed by atoms with E-state index < -0.39 is 5.97 Å². The van der Waals surface area contributed by atoms with Crippen LogP contribution in [-0.2, 0) is 11.3 Å². The number of ether oxygens (including phenoxy) is 1. The summed E-state index contributed by atoms with van der Waals surface area (Å²) in [6.45, 7) is 0.413. The topological polar surface area (TPSA) is 114 Å². The van der Waals surface area contributed by atoms with Gasteiger partial charge in [-0.1, -0.05) is 12.1 Å². The zero-order valence-corrected chi connectivity index (χ0v) is 11.8. The Balaban J connectivity index is 2.20. The number of carboxylic acid groups (broad SMARTS) is 1. The van der Waals surface area contributed by atoms with Gasteiger partial charge in [-0.05, 0) is 6.07 Å². The minimum absolute atomic E-state index is 0.130. The van der Waals surface area contributed by atoms with Crippen LogP contribution in [0, 0.1) is 0 Å². The second kappa shape index (κ2) is 5.45. The van der Waals surface area contributed by atoms with E-state index in [0.29, 0.717) is 29.0 Å². The highest BCUT2D eigenvalue weighted by molar-refractivity contribution is 6.07. The van der Waals surface area contributed by atoms with E-state index in [0.717, 1.165) is 11.1 Å². The number of anilines is 1. The number of rotatable bonds is 4. The number of aromatic nitrogens is 3. The summed E-state index contributed by atoms with van der Waals surface area (Å²) in [6.07, 6.45) is 2.80. The first-order valence-electron chi connectivity index (χ1n) is 6.55. The Morgan fingerprint density at radius 1 is 1.41 bits per heavy atom. The second-order valence-corrected chi connectivity index (χ2v) is 4.80. The van der Waals surface area contributed by atoms with Crippen LogP contribution in [0.1, 0.15) is 15.9 Å². The SMILES string of the molecule is COCc1ccc(-c2ncnc3[nH]cc(C(=O)O)c23)cc1N. The third-order valence-corrected chi connectivity index (χ3v) is 3.42. The van der Waals surface area contributed by atoms with E-state index in [9.17, 15) is 9.90 Å². The number of nitrogens with two attached hydrogens (primary N) is 1. The Kier molecular flexibility index (Phi) is 3.48. The average molecular weight is 298 g/mol. The number of nitrogens with one attached hydrogen (secondary N) is 1. The normalized spacial score (nSPS) is 11.0. The maximum absolute atomic E-state index is 11.3. The quantitative estimate of drug-likeness (QED) is 0.635. The average Bonchev–Trinajstić information content (AvgIpc) is 2.93. The van der Waals surface area contributed by atoms with Crippen molar-refractivity contribution < 1.29 is 14.6 Å². The van der Waals surface area contributed by atoms with Crippen molar-refractivity contribution >= 4 is 22.7 Å². The van der Waals surface area contributed by atoms with Gasteiger partial charge in [0.15, 0.2) is 0 Å². The van der Waals surface area contributed by atoms with Gasteiger partial charge < -0.3 is 20.6 Å². The number of fused-ring (bicyclic) bond motifs is 1. The second-order valence-electron chi connectivity index (χ2n) is 4.80. The fourth-order valence-corrected chi connectivity index (χ4v) is 2.38. The number of methoxy groups -OCH3 is 1. The van der Waals surface area contributed by atoms with E-state index in [2.05, 4.69) is 15.0 Å². The van der Waals surface area contributed by atoms with Gasteiger partial charge in [0.1, 0.15) is 12.0 Å². The molecule has 0 aliphatic heterocycles. The zero-order chi connectivity index (χ0) is 15.7. The Morgan fingerprint density at radius 3 is 2.91 bits per heavy atom. The minimum Gasteiger partial charge on any atom is -0.478 e. The Labute approximate surface area is 125 Å². The number of nitrogens with zero attached hydrogens (tertiary/aromatic N) is 2. The van der Waals surface area contributed by atoms with Crippen molar-refractivity contribution in [1.29, 1.82) is 0 Å². The van der Waals surface area contributed by atoms with Crippen LogP contribution in [-0.4, -0.2) is 33.1 Å². The molecule has 1 aromatic carbocycles. The highest BCUT2D eigenvalue weighted by atomic mass is 16.5. The van der Waals surface area contributed by atoms with Gasteiger partial charge in [0.2, 0.25) is 0 Å². The molecule has 0 saturated heterocycles. The molecule has 0 atom stereocenters. The molecule has 0 aliphatic rings. The van der Waals surface area contributed by atoms with Gasteiger partial charge in [-0.15, -0.1) is 0 Å². The number of carboxylic acids is 1. The first-order valence-corrected chi connectivity index (χ1v) is 6.55. The highest BCUT2D eigenvalue weighted by Crippen LogP contribution is 2.30. The first-order chi connectivity index (χ1) is 10.6. The number of hydrogen-bond donors (Lipinski definition) is 3. The predicted molar refractivity (Wildman–Crippen MR) is 81.4 cm³/mol. The molecule has 3 aromatic rings. The molecule has 0 bridgehead atoms. The fraction of sp³-hybridized carbons (Fsp3) is 0.133. The maximum atomic E-state index is 11.3. The molecular weight excluding hydrogens is 284 g/mol. The number of H-pyrrole nitrogens is 1. The first kappa shape index (κ1) is 14.0. The number of aromatic amines is 1. The van der Waals surface area contributed by atoms with Crippen molar-refractivity contribution in [2.45, 2.75) is 6.61 Å². The van der Waals surface area contributed by atoms with E-state index in [1.165, 1.54) is 12.5 Å². The zero-order valence-electron chi connectivity index (χ0n) is 11.8. The van der Waals surface area contributed by atoms with Gasteiger partial charge in [0, 0.05) is 30.1 Å². The lowest BCUT2D eigenvalue weighted by atomic mass is 10.0. The number of aromatic carboxylic acids is 1. The van der Waals surface area contributed by atoms with Crippen LogP contribution < -0.4 is 5.73 Å². The monoisotopic (exact) mass is 298 g/mol. The van der Waals surface area contributed by atoms with Crippen molar-refractivity contribution in [2.24, 2.45) is 0 Å². The maximum Gasteiger partial charge on any atom is 0.338 e. The van der Waals surface area contributed by atoms with E-state index >= 15 is 0 Å². The largest absolute Gasteiger partial charge is 0.478 e. The number of hydrogen-bond acceptors (Lipinski definition) is 5. The van der Waals surface area contributed by atoms with Gasteiger partial charge >= 0.3 is 5.97 Å². The van der Waals surface area contributed by atoms with Crippen LogP contribution in [0.25, 0.3) is 22.3 Å². The smallest absolute Gasteiger partial charge is 0.338 e. The molecule has 0 spiro atoms. The molecule has 112 valence electrons. The van der Waals surface area contributed by atoms with Crippen molar-refractivity contribution in [1.82, 2.24) is 15.0 Å². The molecule has 0 amide bonds. The van der Waals surface area contributed by atoms with Gasteiger partial charge in [-0.25, -0.2) is 14.8 Å². The molecule has 7 nitrogen and oxygen atoms in total. The third kappa shape index (κ3) is 2.27. The molecule has 0 aliphatic carbocycles. The van der Waals surface area contributed by atoms with Crippen LogP contribution in [0.2, 0.25) is 0 Å². The van der Waals surface area contributed by atoms with Crippen LogP contribution in [0.15, 0.2) is 30.7 Å². The highest BCUT2D eigenvalue weighted by Gasteiger charge is 2.17. The summed E-state index contributed by atoms with van der Waals surface area (Å²) in [6, 6.07) is 5.44. The molecule has 0 unspecified atom stereocenters. The molecular formula is C15H14N4O3. The van der Waals surface area contributed by atoms with Gasteiger partial charge in [-0.2, -0.15) is 0 Å². The minimum atomic E-state index is -1.04. The lowest BCUT2D eigenvalue weighted by Gasteiger charge is -2.08. The summed E-state index contributed by atoms with van der Waals surface area (Å²) in [5.41, 5.74) is 9.31. The summed E-state index contributed by atoms with van der Waals surface area (Å²) < 4.78 is 5.07. The van der Waals surface area contributed by atoms with Crippen LogP contribution in [0.5, 0.6) is 0 Å². The molecule has 3 rings (SSSR count). The van der Waals surface area contributed by atoms with E-state index in [-0.39, 0.29) is 5.56 Å². The molecule has 0 fully saturated rings. The summed E-state index contributed by atoms with van der Waals surface area (Å²) in [4.78, 5) is 22.5. The molecule has 0 saturated carbocycles. The summed E-state index contributed by atoms with van der Waals surface area (Å²) in [5, 5.41) is 9.76. The van der Waals surface area contributed by atoms with Crippen LogP contribution in [0.3, 0.4) is 0 Å². The predicted octanol–water partition coefficient (Wildman–Crippen LogP) is 2.05. The van der Waals surface area contributed by atoms with Gasteiger partial charge in [-0.3, -0.25) is 0 Å². The molecule has 4 N–H and O–H groups in total. The van der Waals surface area contributed by atoms with E-state index in [1.807, 2.05) is 12.1 Å². The Hall–Kier alpha value is -2.93. The van der Waals surface area contributed by atoms with Crippen molar-refractivity contribution in [3.05, 3.63) is 41.9 Å². The fourth-order valence-electron chi connectivity index (χ4n) is 2.38. The van der Waals surface area contributed by atoms with Crippen LogP contribution in [0.4, 0.5) is 5.69 Å². The lowest BCUT2D eigenvalue weighted by molar-refractivity contribution is 0.0699. The summed E-state index contributed by atoms with van der Waals surface area (Å²) >= 11 is 0. The van der Waals surface area contributed by atoms with Crippen molar-refractivity contribution in [2.75, 3.05) is 12.8 Å². The van der Waals surface area contributed by atoms with E-state index in [1.54, 1.807) is 13.2 Å². The third-order valence-electron chi connectivity index (χ3n) is 3.42. The number of benzene rings is 1.